The third kappa shape index (κ3) is 7.30. The molecule has 3 rings (SSSR count). The molecule has 0 radical (unpaired) electrons. The minimum atomic E-state index is -0.995. The van der Waals surface area contributed by atoms with E-state index in [2.05, 4.69) is 4.98 Å². The molecule has 0 spiro atoms. The fourth-order valence-electron chi connectivity index (χ4n) is 3.79. The molecule has 1 aromatic heterocycles. The standard InChI is InChI=1S/C17H24N2O6.C7H8N4O/c1-23-13-8-10(9-14(24-2)15(13)25-3)7-11(18)16(20)19-6-4-5-12(19)17(21)22;8-6(9)5-2-1-4(3-11-5)7(10)12/h8-9,11-12H,4-7,18H2,1-3H3,(H,21,22);1-3H,(H3,8,9)(H2,10,12)/t11-,12-;/m0./s1. The summed E-state index contributed by atoms with van der Waals surface area (Å²) in [7, 11) is 4.52. The first-order valence-electron chi connectivity index (χ1n) is 11.2. The Bertz CT molecular complexity index is 1080. The number of carbonyl (C=O) groups excluding carboxylic acids is 2. The number of nitrogens with one attached hydrogen (secondary N) is 1. The lowest BCUT2D eigenvalue weighted by Gasteiger charge is -2.25. The summed E-state index contributed by atoms with van der Waals surface area (Å²) in [6, 6.07) is 4.77. The minimum Gasteiger partial charge on any atom is -0.493 e. The first-order chi connectivity index (χ1) is 17.5. The second-order valence-corrected chi connectivity index (χ2v) is 8.08. The number of likely N-dealkylation sites (tertiary alicyclic amines) is 1. The van der Waals surface area contributed by atoms with Crippen LogP contribution in [0.15, 0.2) is 30.5 Å². The number of rotatable bonds is 9. The van der Waals surface area contributed by atoms with Crippen LogP contribution in [0.5, 0.6) is 17.2 Å². The molecule has 1 saturated heterocycles. The van der Waals surface area contributed by atoms with Crippen LogP contribution in [-0.2, 0) is 16.0 Å². The van der Waals surface area contributed by atoms with Crippen LogP contribution >= 0.6 is 0 Å². The Balaban J connectivity index is 0.000000335. The van der Waals surface area contributed by atoms with Gasteiger partial charge in [-0.15, -0.1) is 0 Å². The highest BCUT2D eigenvalue weighted by Crippen LogP contribution is 2.38. The number of carbonyl (C=O) groups is 3. The number of hydrogen-bond acceptors (Lipinski definition) is 9. The number of hydrogen-bond donors (Lipinski definition) is 5. The fraction of sp³-hybridized carbons (Fsp3) is 0.375. The number of nitrogen functional groups attached to an aromatic ring is 1. The molecule has 0 saturated carbocycles. The van der Waals surface area contributed by atoms with E-state index in [9.17, 15) is 19.5 Å². The van der Waals surface area contributed by atoms with Crippen LogP contribution in [0.25, 0.3) is 0 Å². The maximum absolute atomic E-state index is 12.5. The van der Waals surface area contributed by atoms with Crippen molar-refractivity contribution in [1.82, 2.24) is 9.88 Å². The molecule has 200 valence electrons. The fourth-order valence-corrected chi connectivity index (χ4v) is 3.79. The Hall–Kier alpha value is -4.39. The van der Waals surface area contributed by atoms with E-state index in [-0.39, 0.29) is 18.2 Å². The van der Waals surface area contributed by atoms with E-state index in [1.165, 1.54) is 44.6 Å². The van der Waals surface area contributed by atoms with Crippen molar-refractivity contribution in [2.45, 2.75) is 31.3 Å². The zero-order valence-corrected chi connectivity index (χ0v) is 20.9. The average molecular weight is 517 g/mol. The number of carboxylic acids is 1. The van der Waals surface area contributed by atoms with E-state index in [1.807, 2.05) is 0 Å². The highest BCUT2D eigenvalue weighted by atomic mass is 16.5. The molecule has 0 aliphatic carbocycles. The first kappa shape index (κ1) is 28.8. The van der Waals surface area contributed by atoms with Gasteiger partial charge >= 0.3 is 5.97 Å². The molecule has 8 N–H and O–H groups in total. The smallest absolute Gasteiger partial charge is 0.326 e. The molecule has 13 nitrogen and oxygen atoms in total. The van der Waals surface area contributed by atoms with Gasteiger partial charge in [-0.1, -0.05) is 0 Å². The monoisotopic (exact) mass is 516 g/mol. The van der Waals surface area contributed by atoms with Crippen molar-refractivity contribution in [3.63, 3.8) is 0 Å². The Morgan fingerprint density at radius 2 is 1.76 bits per heavy atom. The predicted molar refractivity (Wildman–Crippen MR) is 134 cm³/mol. The van der Waals surface area contributed by atoms with Crippen LogP contribution in [0.3, 0.4) is 0 Å². The first-order valence-corrected chi connectivity index (χ1v) is 11.2. The summed E-state index contributed by atoms with van der Waals surface area (Å²) in [4.78, 5) is 39.5. The molecule has 2 amide bonds. The molecular formula is C24H32N6O7. The molecule has 1 aromatic carbocycles. The lowest BCUT2D eigenvalue weighted by molar-refractivity contribution is -0.148. The third-order valence-electron chi connectivity index (χ3n) is 5.64. The Labute approximate surface area is 214 Å². The molecule has 1 aliphatic rings. The van der Waals surface area contributed by atoms with E-state index in [0.29, 0.717) is 47.9 Å². The summed E-state index contributed by atoms with van der Waals surface area (Å²) in [5, 5.41) is 16.2. The number of aliphatic carboxylic acids is 1. The van der Waals surface area contributed by atoms with Crippen LogP contribution in [0.4, 0.5) is 0 Å². The Morgan fingerprint density at radius 1 is 1.14 bits per heavy atom. The average Bonchev–Trinajstić information content (AvgIpc) is 3.38. The second-order valence-electron chi connectivity index (χ2n) is 8.08. The molecule has 1 aliphatic heterocycles. The van der Waals surface area contributed by atoms with Gasteiger partial charge in [0.15, 0.2) is 11.5 Å². The number of ether oxygens (including phenoxy) is 3. The van der Waals surface area contributed by atoms with Gasteiger partial charge in [0.2, 0.25) is 17.6 Å². The van der Waals surface area contributed by atoms with Gasteiger partial charge in [0, 0.05) is 12.7 Å². The van der Waals surface area contributed by atoms with Crippen LogP contribution in [0, 0.1) is 5.41 Å². The maximum atomic E-state index is 12.5. The van der Waals surface area contributed by atoms with Crippen molar-refractivity contribution in [3.8, 4) is 17.2 Å². The van der Waals surface area contributed by atoms with E-state index in [0.717, 1.165) is 5.56 Å². The Morgan fingerprint density at radius 3 is 2.19 bits per heavy atom. The van der Waals surface area contributed by atoms with E-state index < -0.39 is 24.0 Å². The molecular weight excluding hydrogens is 484 g/mol. The van der Waals surface area contributed by atoms with E-state index >= 15 is 0 Å². The van der Waals surface area contributed by atoms with Crippen LogP contribution < -0.4 is 31.4 Å². The van der Waals surface area contributed by atoms with Crippen molar-refractivity contribution in [2.75, 3.05) is 27.9 Å². The molecule has 37 heavy (non-hydrogen) atoms. The van der Waals surface area contributed by atoms with Crippen molar-refractivity contribution in [1.29, 1.82) is 5.41 Å². The Kier molecular flexibility index (Phi) is 10.2. The van der Waals surface area contributed by atoms with Crippen molar-refractivity contribution < 1.29 is 33.7 Å². The normalized spacial score (nSPS) is 15.1. The molecule has 2 heterocycles. The number of benzene rings is 1. The zero-order chi connectivity index (χ0) is 27.7. The molecule has 2 atom stereocenters. The topological polar surface area (TPSA) is 217 Å². The summed E-state index contributed by atoms with van der Waals surface area (Å²) in [5.74, 6) is -0.630. The third-order valence-corrected chi connectivity index (χ3v) is 5.64. The molecule has 0 bridgehead atoms. The summed E-state index contributed by atoms with van der Waals surface area (Å²) in [6.45, 7) is 0.415. The number of primary amides is 1. The summed E-state index contributed by atoms with van der Waals surface area (Å²) >= 11 is 0. The van der Waals surface area contributed by atoms with Crippen LogP contribution in [0.2, 0.25) is 0 Å². The molecule has 2 aromatic rings. The summed E-state index contributed by atoms with van der Waals surface area (Å²) in [6.07, 6.45) is 2.65. The number of aromatic nitrogens is 1. The molecule has 1 fully saturated rings. The minimum absolute atomic E-state index is 0.133. The van der Waals surface area contributed by atoms with Crippen LogP contribution in [0.1, 0.15) is 34.5 Å². The zero-order valence-electron chi connectivity index (χ0n) is 20.9. The highest BCUT2D eigenvalue weighted by Gasteiger charge is 2.36. The van der Waals surface area contributed by atoms with Crippen molar-refractivity contribution in [2.24, 2.45) is 17.2 Å². The van der Waals surface area contributed by atoms with E-state index in [1.54, 1.807) is 12.1 Å². The van der Waals surface area contributed by atoms with Crippen LogP contribution in [-0.4, -0.2) is 78.6 Å². The van der Waals surface area contributed by atoms with Gasteiger partial charge in [0.25, 0.3) is 0 Å². The second kappa shape index (κ2) is 13.1. The largest absolute Gasteiger partial charge is 0.493 e. The van der Waals surface area contributed by atoms with Gasteiger partial charge in [0.05, 0.1) is 32.9 Å². The predicted octanol–water partition coefficient (Wildman–Crippen LogP) is 0.122. The summed E-state index contributed by atoms with van der Waals surface area (Å²) < 4.78 is 15.8. The van der Waals surface area contributed by atoms with E-state index in [4.69, 9.17) is 36.8 Å². The van der Waals surface area contributed by atoms with Gasteiger partial charge in [-0.2, -0.15) is 0 Å². The lowest BCUT2D eigenvalue weighted by atomic mass is 10.0. The number of amidine groups is 1. The number of methoxy groups -OCH3 is 3. The van der Waals surface area contributed by atoms with Crippen molar-refractivity contribution >= 4 is 23.6 Å². The van der Waals surface area contributed by atoms with Gasteiger partial charge < -0.3 is 41.4 Å². The van der Waals surface area contributed by atoms with Gasteiger partial charge in [-0.3, -0.25) is 20.0 Å². The van der Waals surface area contributed by atoms with Gasteiger partial charge in [-0.25, -0.2) is 4.79 Å². The number of amides is 2. The van der Waals surface area contributed by atoms with Gasteiger partial charge in [0.1, 0.15) is 17.6 Å². The van der Waals surface area contributed by atoms with Gasteiger partial charge in [-0.05, 0) is 49.1 Å². The van der Waals surface area contributed by atoms with Crippen molar-refractivity contribution in [3.05, 3.63) is 47.3 Å². The molecule has 0 unspecified atom stereocenters. The SMILES string of the molecule is COc1cc(C[C@H](N)C(=O)N2CCC[C@H]2C(=O)O)cc(OC)c1OC.N=C(N)c1ccc(C(N)=O)cn1. The highest BCUT2D eigenvalue weighted by molar-refractivity contribution is 5.95. The lowest BCUT2D eigenvalue weighted by Crippen LogP contribution is -2.49. The maximum Gasteiger partial charge on any atom is 0.326 e. The molecule has 13 heteroatoms. The number of carboxylic acid groups (broad SMARTS) is 1. The number of nitrogens with two attached hydrogens (primary N) is 3. The number of nitrogens with zero attached hydrogens (tertiary/aromatic N) is 2. The summed E-state index contributed by atoms with van der Waals surface area (Å²) in [5.41, 5.74) is 17.5. The number of pyridine rings is 1. The quantitative estimate of drug-likeness (QED) is 0.224.